The third kappa shape index (κ3) is 9.07. The predicted octanol–water partition coefficient (Wildman–Crippen LogP) is 5.45. The number of amides is 1. The van der Waals surface area contributed by atoms with E-state index in [0.29, 0.717) is 74.9 Å². The molecule has 0 spiro atoms. The lowest BCUT2D eigenvalue weighted by Crippen LogP contribution is -2.47. The molecule has 0 bridgehead atoms. The van der Waals surface area contributed by atoms with Gasteiger partial charge < -0.3 is 44.0 Å². The Balaban J connectivity index is 1.06. The summed E-state index contributed by atoms with van der Waals surface area (Å²) in [6.07, 6.45) is 4.41. The molecule has 3 aliphatic heterocycles. The van der Waals surface area contributed by atoms with Crippen LogP contribution < -0.4 is 29.5 Å². The highest BCUT2D eigenvalue weighted by Crippen LogP contribution is 2.36. The van der Waals surface area contributed by atoms with E-state index >= 15 is 0 Å². The number of ether oxygens (including phenoxy) is 3. The molecular formula is C44H50N10O4S. The van der Waals surface area contributed by atoms with Crippen LogP contribution in [0.3, 0.4) is 0 Å². The molecular weight excluding hydrogens is 765 g/mol. The van der Waals surface area contributed by atoms with Crippen molar-refractivity contribution in [3.63, 3.8) is 0 Å². The number of benzene rings is 3. The van der Waals surface area contributed by atoms with Crippen LogP contribution in [0.1, 0.15) is 32.6 Å². The van der Waals surface area contributed by atoms with Crippen LogP contribution in [0, 0.1) is 6.92 Å². The molecule has 0 atom stereocenters. The summed E-state index contributed by atoms with van der Waals surface area (Å²) in [5, 5.41) is 3.99. The minimum absolute atomic E-state index is 0.0582. The van der Waals surface area contributed by atoms with Gasteiger partial charge in [-0.1, -0.05) is 24.3 Å². The van der Waals surface area contributed by atoms with E-state index in [0.717, 1.165) is 82.7 Å². The van der Waals surface area contributed by atoms with Crippen molar-refractivity contribution < 1.29 is 19.0 Å². The fourth-order valence-corrected chi connectivity index (χ4v) is 7.89. The summed E-state index contributed by atoms with van der Waals surface area (Å²) < 4.78 is 16.5. The average molecular weight is 815 g/mol. The largest absolute Gasteiger partial charge is 0.497 e. The zero-order chi connectivity index (χ0) is 40.9. The van der Waals surface area contributed by atoms with E-state index < -0.39 is 0 Å². The first-order valence-corrected chi connectivity index (χ1v) is 20.4. The Hall–Kier alpha value is -5.90. The van der Waals surface area contributed by atoms with E-state index in [1.54, 1.807) is 14.2 Å². The molecule has 0 saturated carbocycles. The summed E-state index contributed by atoms with van der Waals surface area (Å²) in [6, 6.07) is 21.9. The molecule has 1 amide bonds. The second-order valence-electron chi connectivity index (χ2n) is 15.1. The second kappa shape index (κ2) is 17.9. The van der Waals surface area contributed by atoms with Gasteiger partial charge in [0.1, 0.15) is 17.3 Å². The number of rotatable bonds is 11. The van der Waals surface area contributed by atoms with Gasteiger partial charge in [-0.2, -0.15) is 4.98 Å². The lowest BCUT2D eigenvalue weighted by atomic mass is 10.1. The van der Waals surface area contributed by atoms with Gasteiger partial charge in [-0.15, -0.1) is 0 Å². The summed E-state index contributed by atoms with van der Waals surface area (Å²) >= 11 is 6.07. The van der Waals surface area contributed by atoms with Crippen molar-refractivity contribution in [1.29, 1.82) is 0 Å². The number of piperazine rings is 1. The summed E-state index contributed by atoms with van der Waals surface area (Å²) in [6.45, 7) is 9.58. The number of thiocarbonyl (C=S) groups is 1. The molecule has 0 radical (unpaired) electrons. The minimum atomic E-state index is 0.0582. The second-order valence-corrected chi connectivity index (χ2v) is 15.4. The first-order chi connectivity index (χ1) is 28.8. The molecule has 15 heteroatoms. The first-order valence-electron chi connectivity index (χ1n) is 20.0. The summed E-state index contributed by atoms with van der Waals surface area (Å²) in [5.74, 6) is 3.64. The van der Waals surface area contributed by atoms with Crippen molar-refractivity contribution in [2.24, 2.45) is 0 Å². The molecule has 8 rings (SSSR count). The predicted molar refractivity (Wildman–Crippen MR) is 234 cm³/mol. The molecule has 306 valence electrons. The van der Waals surface area contributed by atoms with Gasteiger partial charge in [0.2, 0.25) is 11.9 Å². The van der Waals surface area contributed by atoms with E-state index in [1.165, 1.54) is 0 Å². The molecule has 5 heterocycles. The SMILES string of the molecule is COc1ccc(CN(Cc2ccc(OC)cc2)c2ncc(-c3nc(N4CCOCC4)nc4c3CCN4C(=S)Nc3ccc(C(=O)N4CCN(C)CC4)cc3C)cn2)cc1. The van der Waals surface area contributed by atoms with Gasteiger partial charge in [0.15, 0.2) is 5.11 Å². The number of carbonyl (C=O) groups excluding carboxylic acids is 1. The third-order valence-electron chi connectivity index (χ3n) is 11.1. The maximum Gasteiger partial charge on any atom is 0.253 e. The number of fused-ring (bicyclic) bond motifs is 1. The Morgan fingerprint density at radius 3 is 2.05 bits per heavy atom. The number of likely N-dealkylation sites (N-methyl/N-ethyl adjacent to an activating group) is 1. The number of carbonyl (C=O) groups is 1. The summed E-state index contributed by atoms with van der Waals surface area (Å²) in [7, 11) is 5.42. The molecule has 2 aromatic heterocycles. The quantitative estimate of drug-likeness (QED) is 0.170. The van der Waals surface area contributed by atoms with Crippen molar-refractivity contribution in [1.82, 2.24) is 29.7 Å². The third-order valence-corrected chi connectivity index (χ3v) is 11.4. The lowest BCUT2D eigenvalue weighted by molar-refractivity contribution is 0.0664. The number of hydrogen-bond donors (Lipinski definition) is 1. The molecule has 3 aliphatic rings. The van der Waals surface area contributed by atoms with Crippen molar-refractivity contribution in [3.05, 3.63) is 107 Å². The number of hydrogen-bond acceptors (Lipinski definition) is 12. The first kappa shape index (κ1) is 39.9. The Morgan fingerprint density at radius 2 is 1.46 bits per heavy atom. The van der Waals surface area contributed by atoms with E-state index in [-0.39, 0.29) is 5.91 Å². The van der Waals surface area contributed by atoms with Crippen molar-refractivity contribution in [2.75, 3.05) is 100 Å². The smallest absolute Gasteiger partial charge is 0.253 e. The Bertz CT molecular complexity index is 2210. The van der Waals surface area contributed by atoms with Crippen LogP contribution in [-0.4, -0.2) is 121 Å². The van der Waals surface area contributed by atoms with Gasteiger partial charge in [0.05, 0.1) is 33.1 Å². The van der Waals surface area contributed by atoms with Gasteiger partial charge in [0.25, 0.3) is 5.91 Å². The molecule has 3 aromatic carbocycles. The lowest BCUT2D eigenvalue weighted by Gasteiger charge is -2.32. The molecule has 14 nitrogen and oxygen atoms in total. The van der Waals surface area contributed by atoms with Crippen LogP contribution in [0.5, 0.6) is 11.5 Å². The van der Waals surface area contributed by atoms with Crippen molar-refractivity contribution in [2.45, 2.75) is 26.4 Å². The normalized spacial score (nSPS) is 15.5. The van der Waals surface area contributed by atoms with Gasteiger partial charge in [-0.3, -0.25) is 4.79 Å². The average Bonchev–Trinajstić information content (AvgIpc) is 3.72. The molecule has 5 aromatic rings. The monoisotopic (exact) mass is 814 g/mol. The van der Waals surface area contributed by atoms with Gasteiger partial charge in [-0.25, -0.2) is 15.0 Å². The number of anilines is 4. The van der Waals surface area contributed by atoms with Crippen LogP contribution >= 0.6 is 12.2 Å². The van der Waals surface area contributed by atoms with Crippen molar-refractivity contribution >= 4 is 46.6 Å². The fraction of sp³-hybridized carbons (Fsp3) is 0.364. The van der Waals surface area contributed by atoms with E-state index in [1.807, 2.05) is 71.6 Å². The van der Waals surface area contributed by atoms with Gasteiger partial charge >= 0.3 is 0 Å². The minimum Gasteiger partial charge on any atom is -0.497 e. The molecule has 0 aliphatic carbocycles. The number of aryl methyl sites for hydroxylation is 1. The Labute approximate surface area is 350 Å². The zero-order valence-corrected chi connectivity index (χ0v) is 34.9. The fourth-order valence-electron chi connectivity index (χ4n) is 7.60. The molecule has 2 fully saturated rings. The number of nitrogens with one attached hydrogen (secondary N) is 1. The summed E-state index contributed by atoms with van der Waals surface area (Å²) in [5.41, 5.74) is 7.24. The van der Waals surface area contributed by atoms with E-state index in [9.17, 15) is 4.79 Å². The topological polar surface area (TPSA) is 125 Å². The van der Waals surface area contributed by atoms with Crippen molar-refractivity contribution in [3.8, 4) is 22.8 Å². The van der Waals surface area contributed by atoms with E-state index in [2.05, 4.69) is 51.3 Å². The van der Waals surface area contributed by atoms with Gasteiger partial charge in [0, 0.05) is 93.7 Å². The number of nitrogens with zero attached hydrogens (tertiary/aromatic N) is 9. The molecule has 59 heavy (non-hydrogen) atoms. The molecule has 1 N–H and O–H groups in total. The highest BCUT2D eigenvalue weighted by molar-refractivity contribution is 7.80. The maximum absolute atomic E-state index is 13.3. The zero-order valence-electron chi connectivity index (χ0n) is 34.1. The van der Waals surface area contributed by atoms with E-state index in [4.69, 9.17) is 46.4 Å². The van der Waals surface area contributed by atoms with Gasteiger partial charge in [-0.05, 0) is 91.8 Å². The maximum atomic E-state index is 13.3. The Morgan fingerprint density at radius 1 is 0.831 bits per heavy atom. The Kier molecular flexibility index (Phi) is 12.1. The number of methoxy groups -OCH3 is 2. The van der Waals surface area contributed by atoms with Crippen LogP contribution in [0.2, 0.25) is 0 Å². The summed E-state index contributed by atoms with van der Waals surface area (Å²) in [4.78, 5) is 44.0. The van der Waals surface area contributed by atoms with Crippen LogP contribution in [0.15, 0.2) is 79.1 Å². The highest BCUT2D eigenvalue weighted by Gasteiger charge is 2.31. The van der Waals surface area contributed by atoms with Crippen LogP contribution in [-0.2, 0) is 24.2 Å². The highest BCUT2D eigenvalue weighted by atomic mass is 32.1. The van der Waals surface area contributed by atoms with Crippen LogP contribution in [0.25, 0.3) is 11.3 Å². The van der Waals surface area contributed by atoms with Crippen LogP contribution in [0.4, 0.5) is 23.4 Å². The standard InChI is InChI=1S/C44H50N10O4S/c1-30-25-33(41(55)51-19-17-50(2)18-20-51)9-14-38(30)47-44(59)54-16-15-37-39(48-43(49-40(37)54)52-21-23-58-24-22-52)34-26-45-42(46-27-34)53(28-31-5-10-35(56-3)11-6-31)29-32-7-12-36(57-4)13-8-32/h5-14,25-27H,15-24,28-29H2,1-4H3,(H,47,59). The molecule has 2 saturated heterocycles. The number of morpholine rings is 1. The number of aromatic nitrogens is 4. The molecule has 0 unspecified atom stereocenters.